The molecule has 0 unspecified atom stereocenters. The SMILES string of the molecule is CNc1ncc2cc(-c3cc(NC(=O)Nc4cc(C(C)(C)C)no4)c(F)cc3C)c(=O)n(C3CCCC3)c2n1. The van der Waals surface area contributed by atoms with Gasteiger partial charge in [0.2, 0.25) is 11.8 Å². The first-order valence-electron chi connectivity index (χ1n) is 13.0. The van der Waals surface area contributed by atoms with E-state index < -0.39 is 11.8 Å². The summed E-state index contributed by atoms with van der Waals surface area (Å²) in [6.45, 7) is 7.64. The largest absolute Gasteiger partial charge is 0.357 e. The second-order valence-electron chi connectivity index (χ2n) is 10.9. The molecule has 3 heterocycles. The average molecular weight is 534 g/mol. The number of pyridine rings is 1. The Balaban J connectivity index is 1.53. The predicted octanol–water partition coefficient (Wildman–Crippen LogP) is 5.99. The van der Waals surface area contributed by atoms with Gasteiger partial charge in [0, 0.05) is 41.7 Å². The van der Waals surface area contributed by atoms with Crippen LogP contribution in [0.3, 0.4) is 0 Å². The van der Waals surface area contributed by atoms with Crippen molar-refractivity contribution in [2.24, 2.45) is 0 Å². The van der Waals surface area contributed by atoms with Gasteiger partial charge in [0.05, 0.1) is 11.4 Å². The maximum Gasteiger partial charge on any atom is 0.326 e. The molecule has 10 nitrogen and oxygen atoms in total. The van der Waals surface area contributed by atoms with Gasteiger partial charge >= 0.3 is 6.03 Å². The number of aromatic nitrogens is 4. The van der Waals surface area contributed by atoms with Crippen LogP contribution in [-0.4, -0.2) is 32.8 Å². The maximum absolute atomic E-state index is 15.0. The second kappa shape index (κ2) is 10.1. The Labute approximate surface area is 225 Å². The van der Waals surface area contributed by atoms with E-state index in [9.17, 15) is 14.0 Å². The topological polar surface area (TPSA) is 127 Å². The molecular formula is C28H32FN7O3. The molecule has 4 aromatic rings. The van der Waals surface area contributed by atoms with E-state index in [0.29, 0.717) is 39.4 Å². The Bertz CT molecular complexity index is 1610. The van der Waals surface area contributed by atoms with Crippen LogP contribution in [-0.2, 0) is 5.41 Å². The van der Waals surface area contributed by atoms with Gasteiger partial charge in [-0.2, -0.15) is 4.98 Å². The fourth-order valence-electron chi connectivity index (χ4n) is 4.95. The van der Waals surface area contributed by atoms with Crippen molar-refractivity contribution >= 4 is 34.6 Å². The van der Waals surface area contributed by atoms with Crippen LogP contribution in [0, 0.1) is 12.7 Å². The van der Waals surface area contributed by atoms with Crippen LogP contribution in [0.5, 0.6) is 0 Å². The predicted molar refractivity (Wildman–Crippen MR) is 149 cm³/mol. The zero-order valence-electron chi connectivity index (χ0n) is 22.7. The van der Waals surface area contributed by atoms with Crippen LogP contribution < -0.4 is 21.5 Å². The number of anilines is 3. The van der Waals surface area contributed by atoms with Gasteiger partial charge in [-0.25, -0.2) is 14.2 Å². The zero-order chi connectivity index (χ0) is 27.9. The van der Waals surface area contributed by atoms with E-state index in [0.717, 1.165) is 25.7 Å². The Hall–Kier alpha value is -4.28. The maximum atomic E-state index is 15.0. The molecule has 204 valence electrons. The molecule has 3 N–H and O–H groups in total. The van der Waals surface area contributed by atoms with Gasteiger partial charge < -0.3 is 15.2 Å². The molecule has 11 heteroatoms. The lowest BCUT2D eigenvalue weighted by Gasteiger charge is -2.19. The van der Waals surface area contributed by atoms with Gasteiger partial charge in [-0.1, -0.05) is 38.8 Å². The van der Waals surface area contributed by atoms with E-state index >= 15 is 0 Å². The number of amides is 2. The number of hydrogen-bond donors (Lipinski definition) is 3. The number of urea groups is 1. The van der Waals surface area contributed by atoms with Gasteiger partial charge in [-0.15, -0.1) is 0 Å². The van der Waals surface area contributed by atoms with E-state index in [1.807, 2.05) is 20.8 Å². The van der Waals surface area contributed by atoms with E-state index in [-0.39, 0.29) is 28.6 Å². The van der Waals surface area contributed by atoms with Crippen molar-refractivity contribution in [3.05, 3.63) is 57.9 Å². The Morgan fingerprint density at radius 1 is 1.10 bits per heavy atom. The highest BCUT2D eigenvalue weighted by Gasteiger charge is 2.25. The molecule has 1 aliphatic rings. The lowest BCUT2D eigenvalue weighted by Crippen LogP contribution is -2.26. The molecule has 5 rings (SSSR count). The van der Waals surface area contributed by atoms with Crippen molar-refractivity contribution in [3.8, 4) is 11.1 Å². The number of nitrogens with one attached hydrogen (secondary N) is 3. The molecule has 1 aliphatic carbocycles. The fraction of sp³-hybridized carbons (Fsp3) is 0.393. The number of fused-ring (bicyclic) bond motifs is 1. The molecule has 0 aliphatic heterocycles. The van der Waals surface area contributed by atoms with E-state index in [4.69, 9.17) is 4.52 Å². The second-order valence-corrected chi connectivity index (χ2v) is 10.9. The summed E-state index contributed by atoms with van der Waals surface area (Å²) in [5, 5.41) is 12.7. The molecule has 3 aromatic heterocycles. The quantitative estimate of drug-likeness (QED) is 0.287. The highest BCUT2D eigenvalue weighted by Crippen LogP contribution is 2.34. The fourth-order valence-corrected chi connectivity index (χ4v) is 4.95. The van der Waals surface area contributed by atoms with Crippen molar-refractivity contribution in [2.75, 3.05) is 23.0 Å². The lowest BCUT2D eigenvalue weighted by atomic mass is 9.92. The van der Waals surface area contributed by atoms with E-state index in [2.05, 4.69) is 31.1 Å². The molecule has 0 radical (unpaired) electrons. The molecule has 1 aromatic carbocycles. The smallest absolute Gasteiger partial charge is 0.326 e. The summed E-state index contributed by atoms with van der Waals surface area (Å²) < 4.78 is 21.9. The Morgan fingerprint density at radius 3 is 2.51 bits per heavy atom. The van der Waals surface area contributed by atoms with E-state index in [1.54, 1.807) is 36.9 Å². The summed E-state index contributed by atoms with van der Waals surface area (Å²) >= 11 is 0. The number of carbonyl (C=O) groups is 1. The molecule has 0 saturated heterocycles. The summed E-state index contributed by atoms with van der Waals surface area (Å²) in [6, 6.07) is 5.46. The molecule has 1 saturated carbocycles. The number of hydrogen-bond acceptors (Lipinski definition) is 7. The minimum absolute atomic E-state index is 0.0172. The number of carbonyl (C=O) groups excluding carboxylic acids is 1. The number of benzene rings is 1. The van der Waals surface area contributed by atoms with Crippen molar-refractivity contribution in [1.82, 2.24) is 19.7 Å². The van der Waals surface area contributed by atoms with E-state index in [1.165, 1.54) is 12.1 Å². The number of rotatable bonds is 5. The van der Waals surface area contributed by atoms with Gasteiger partial charge in [0.15, 0.2) is 0 Å². The summed E-state index contributed by atoms with van der Waals surface area (Å²) in [7, 11) is 1.73. The molecule has 0 spiro atoms. The summed E-state index contributed by atoms with van der Waals surface area (Å²) in [5.41, 5.74) is 2.15. The third-order valence-corrected chi connectivity index (χ3v) is 7.05. The van der Waals surface area contributed by atoms with Gasteiger partial charge in [-0.05, 0) is 49.1 Å². The lowest BCUT2D eigenvalue weighted by molar-refractivity contribution is 0.261. The van der Waals surface area contributed by atoms with Crippen LogP contribution in [0.4, 0.5) is 26.7 Å². The van der Waals surface area contributed by atoms with Crippen LogP contribution in [0.2, 0.25) is 0 Å². The summed E-state index contributed by atoms with van der Waals surface area (Å²) in [6.07, 6.45) is 5.51. The normalized spacial score (nSPS) is 14.1. The molecule has 0 atom stereocenters. The highest BCUT2D eigenvalue weighted by molar-refractivity contribution is 5.99. The van der Waals surface area contributed by atoms with Crippen LogP contribution in [0.25, 0.3) is 22.2 Å². The summed E-state index contributed by atoms with van der Waals surface area (Å²) in [5.74, 6) is -0.0587. The third-order valence-electron chi connectivity index (χ3n) is 7.05. The van der Waals surface area contributed by atoms with Gasteiger partial charge in [0.1, 0.15) is 11.5 Å². The molecular weight excluding hydrogens is 501 g/mol. The highest BCUT2D eigenvalue weighted by atomic mass is 19.1. The first-order valence-corrected chi connectivity index (χ1v) is 13.0. The average Bonchev–Trinajstić information content (AvgIpc) is 3.58. The number of aryl methyl sites for hydroxylation is 1. The monoisotopic (exact) mass is 533 g/mol. The number of nitrogens with zero attached hydrogens (tertiary/aromatic N) is 4. The standard InChI is InChI=1S/C28H32FN7O3/c1-15-10-20(29)21(32-27(38)33-23-13-22(35-39-23)28(2,3)4)12-18(15)19-11-16-14-31-26(30-5)34-24(16)36(25(19)37)17-8-6-7-9-17/h10-14,17H,6-9H2,1-5H3,(H,30,31,34)(H2,32,33,38). The molecule has 2 amide bonds. The summed E-state index contributed by atoms with van der Waals surface area (Å²) in [4.78, 5) is 35.5. The minimum atomic E-state index is -0.699. The van der Waals surface area contributed by atoms with Crippen molar-refractivity contribution in [1.29, 1.82) is 0 Å². The van der Waals surface area contributed by atoms with Crippen molar-refractivity contribution in [2.45, 2.75) is 64.8 Å². The Morgan fingerprint density at radius 2 is 1.85 bits per heavy atom. The first kappa shape index (κ1) is 26.3. The molecule has 1 fully saturated rings. The van der Waals surface area contributed by atoms with Crippen LogP contribution >= 0.6 is 0 Å². The Kier molecular flexibility index (Phi) is 6.83. The van der Waals surface area contributed by atoms with Crippen molar-refractivity contribution < 1.29 is 13.7 Å². The van der Waals surface area contributed by atoms with Crippen LogP contribution in [0.15, 0.2) is 39.8 Å². The molecule has 0 bridgehead atoms. The number of halogens is 1. The first-order chi connectivity index (χ1) is 18.5. The zero-order valence-corrected chi connectivity index (χ0v) is 22.7. The minimum Gasteiger partial charge on any atom is -0.357 e. The third kappa shape index (κ3) is 5.21. The van der Waals surface area contributed by atoms with Gasteiger partial charge in [0.25, 0.3) is 5.56 Å². The van der Waals surface area contributed by atoms with Crippen molar-refractivity contribution in [3.63, 3.8) is 0 Å². The van der Waals surface area contributed by atoms with Gasteiger partial charge in [-0.3, -0.25) is 14.7 Å². The molecule has 39 heavy (non-hydrogen) atoms. The van der Waals surface area contributed by atoms with Crippen LogP contribution in [0.1, 0.15) is 63.8 Å².